The van der Waals surface area contributed by atoms with Crippen LogP contribution in [0.2, 0.25) is 0 Å². The Morgan fingerprint density at radius 3 is 2.80 bits per heavy atom. The van der Waals surface area contributed by atoms with Crippen molar-refractivity contribution in [3.8, 4) is 0 Å². The van der Waals surface area contributed by atoms with E-state index in [0.29, 0.717) is 13.0 Å². The van der Waals surface area contributed by atoms with Crippen LogP contribution in [0.5, 0.6) is 0 Å². The largest absolute Gasteiger partial charge is 0.363 e. The summed E-state index contributed by atoms with van der Waals surface area (Å²) in [6.07, 6.45) is 2.16. The summed E-state index contributed by atoms with van der Waals surface area (Å²) in [4.78, 5) is 23.4. The van der Waals surface area contributed by atoms with Crippen LogP contribution in [0.3, 0.4) is 0 Å². The van der Waals surface area contributed by atoms with Gasteiger partial charge in [-0.3, -0.25) is 4.79 Å². The second-order valence-corrected chi connectivity index (χ2v) is 3.84. The van der Waals surface area contributed by atoms with Crippen LogP contribution >= 0.6 is 0 Å². The number of anilines is 2. The van der Waals surface area contributed by atoms with Crippen molar-refractivity contribution in [2.24, 2.45) is 0 Å². The monoisotopic (exact) mass is 206 g/mol. The molecule has 0 aliphatic carbocycles. The highest BCUT2D eigenvalue weighted by Crippen LogP contribution is 2.18. The van der Waals surface area contributed by atoms with Gasteiger partial charge < -0.3 is 9.80 Å². The summed E-state index contributed by atoms with van der Waals surface area (Å²) in [5.74, 6) is 1.97. The van der Waals surface area contributed by atoms with Gasteiger partial charge in [-0.2, -0.15) is 0 Å². The summed E-state index contributed by atoms with van der Waals surface area (Å²) in [7, 11) is 3.86. The predicted octanol–water partition coefficient (Wildman–Crippen LogP) is 0.322. The van der Waals surface area contributed by atoms with Gasteiger partial charge >= 0.3 is 0 Å². The van der Waals surface area contributed by atoms with Crippen LogP contribution in [-0.4, -0.2) is 42.9 Å². The van der Waals surface area contributed by atoms with Crippen molar-refractivity contribution in [3.05, 3.63) is 12.4 Å². The molecule has 1 aliphatic rings. The molecule has 0 aromatic carbocycles. The van der Waals surface area contributed by atoms with Crippen molar-refractivity contribution in [2.75, 3.05) is 37.0 Å². The van der Waals surface area contributed by atoms with Gasteiger partial charge in [0.15, 0.2) is 5.78 Å². The molecule has 1 aliphatic heterocycles. The maximum atomic E-state index is 11.2. The van der Waals surface area contributed by atoms with Crippen LogP contribution < -0.4 is 9.80 Å². The van der Waals surface area contributed by atoms with Crippen molar-refractivity contribution < 1.29 is 4.79 Å². The molecule has 0 unspecified atom stereocenters. The summed E-state index contributed by atoms with van der Waals surface area (Å²) in [6.45, 7) is 1.24. The SMILES string of the molecule is CN(C)c1cc(N2CCC(=O)C2)ncn1. The number of aromatic nitrogens is 2. The Balaban J connectivity index is 2.21. The van der Waals surface area contributed by atoms with Gasteiger partial charge in [0.05, 0.1) is 6.54 Å². The molecular weight excluding hydrogens is 192 g/mol. The van der Waals surface area contributed by atoms with E-state index in [0.717, 1.165) is 18.2 Å². The Hall–Kier alpha value is -1.65. The Kier molecular flexibility index (Phi) is 2.53. The van der Waals surface area contributed by atoms with E-state index in [1.165, 1.54) is 6.33 Å². The molecule has 5 heteroatoms. The third kappa shape index (κ3) is 2.06. The van der Waals surface area contributed by atoms with E-state index in [2.05, 4.69) is 9.97 Å². The molecule has 2 heterocycles. The van der Waals surface area contributed by atoms with Gasteiger partial charge in [-0.15, -0.1) is 0 Å². The van der Waals surface area contributed by atoms with Gasteiger partial charge in [0, 0.05) is 33.1 Å². The van der Waals surface area contributed by atoms with Crippen molar-refractivity contribution in [1.82, 2.24) is 9.97 Å². The highest BCUT2D eigenvalue weighted by molar-refractivity contribution is 5.86. The average molecular weight is 206 g/mol. The van der Waals surface area contributed by atoms with Crippen LogP contribution in [-0.2, 0) is 4.79 Å². The molecule has 0 spiro atoms. The highest BCUT2D eigenvalue weighted by Gasteiger charge is 2.20. The minimum Gasteiger partial charge on any atom is -0.363 e. The molecule has 0 saturated carbocycles. The van der Waals surface area contributed by atoms with E-state index >= 15 is 0 Å². The van der Waals surface area contributed by atoms with Crippen LogP contribution in [0.4, 0.5) is 11.6 Å². The molecule has 15 heavy (non-hydrogen) atoms. The number of carbonyl (C=O) groups excluding carboxylic acids is 1. The van der Waals surface area contributed by atoms with Crippen molar-refractivity contribution in [1.29, 1.82) is 0 Å². The molecule has 0 bridgehead atoms. The molecule has 2 rings (SSSR count). The maximum Gasteiger partial charge on any atom is 0.153 e. The molecule has 0 radical (unpaired) electrons. The maximum absolute atomic E-state index is 11.2. The van der Waals surface area contributed by atoms with E-state index in [4.69, 9.17) is 0 Å². The Morgan fingerprint density at radius 2 is 2.20 bits per heavy atom. The zero-order chi connectivity index (χ0) is 10.8. The number of hydrogen-bond acceptors (Lipinski definition) is 5. The molecule has 5 nitrogen and oxygen atoms in total. The van der Waals surface area contributed by atoms with E-state index in [1.807, 2.05) is 30.0 Å². The lowest BCUT2D eigenvalue weighted by Gasteiger charge is -2.17. The van der Waals surface area contributed by atoms with Gasteiger partial charge in [0.1, 0.15) is 18.0 Å². The fourth-order valence-corrected chi connectivity index (χ4v) is 1.58. The minimum absolute atomic E-state index is 0.278. The average Bonchev–Trinajstić information content (AvgIpc) is 2.65. The first-order chi connectivity index (χ1) is 7.16. The first-order valence-corrected chi connectivity index (χ1v) is 4.93. The Morgan fingerprint density at radius 1 is 1.40 bits per heavy atom. The first kappa shape index (κ1) is 9.89. The van der Waals surface area contributed by atoms with Crippen LogP contribution in [0, 0.1) is 0 Å². The second-order valence-electron chi connectivity index (χ2n) is 3.84. The zero-order valence-corrected chi connectivity index (χ0v) is 8.97. The van der Waals surface area contributed by atoms with E-state index in [9.17, 15) is 4.79 Å². The first-order valence-electron chi connectivity index (χ1n) is 4.93. The molecule has 80 valence electrons. The van der Waals surface area contributed by atoms with Gasteiger partial charge in [-0.05, 0) is 0 Å². The summed E-state index contributed by atoms with van der Waals surface area (Å²) >= 11 is 0. The number of rotatable bonds is 2. The molecule has 0 N–H and O–H groups in total. The zero-order valence-electron chi connectivity index (χ0n) is 8.97. The standard InChI is InChI=1S/C10H14N4O/c1-13(2)9-5-10(12-7-11-9)14-4-3-8(15)6-14/h5,7H,3-4,6H2,1-2H3. The molecule has 1 aromatic heterocycles. The van der Waals surface area contributed by atoms with Gasteiger partial charge in [-0.1, -0.05) is 0 Å². The number of carbonyl (C=O) groups is 1. The lowest BCUT2D eigenvalue weighted by Crippen LogP contribution is -2.21. The molecule has 0 atom stereocenters. The van der Waals surface area contributed by atoms with Gasteiger partial charge in [0.2, 0.25) is 0 Å². The van der Waals surface area contributed by atoms with E-state index < -0.39 is 0 Å². The molecule has 1 fully saturated rings. The normalized spacial score (nSPS) is 15.9. The van der Waals surface area contributed by atoms with E-state index in [-0.39, 0.29) is 5.78 Å². The fourth-order valence-electron chi connectivity index (χ4n) is 1.58. The molecular formula is C10H14N4O. The quantitative estimate of drug-likeness (QED) is 0.697. The Labute approximate surface area is 88.7 Å². The number of hydrogen-bond donors (Lipinski definition) is 0. The number of Topliss-reactive ketones (excluding diaryl/α,β-unsaturated/α-hetero) is 1. The summed E-state index contributed by atoms with van der Waals surface area (Å²) in [6, 6.07) is 1.90. The third-order valence-corrected chi connectivity index (χ3v) is 2.45. The lowest BCUT2D eigenvalue weighted by molar-refractivity contribution is -0.116. The van der Waals surface area contributed by atoms with Gasteiger partial charge in [0.25, 0.3) is 0 Å². The minimum atomic E-state index is 0.278. The molecule has 1 aromatic rings. The van der Waals surface area contributed by atoms with Crippen LogP contribution in [0.1, 0.15) is 6.42 Å². The smallest absolute Gasteiger partial charge is 0.153 e. The van der Waals surface area contributed by atoms with Crippen molar-refractivity contribution >= 4 is 17.4 Å². The van der Waals surface area contributed by atoms with Gasteiger partial charge in [-0.25, -0.2) is 9.97 Å². The summed E-state index contributed by atoms with van der Waals surface area (Å²) in [5, 5.41) is 0. The lowest BCUT2D eigenvalue weighted by atomic mass is 10.4. The number of ketones is 1. The summed E-state index contributed by atoms with van der Waals surface area (Å²) < 4.78 is 0. The molecule has 0 amide bonds. The van der Waals surface area contributed by atoms with Crippen LogP contribution in [0.25, 0.3) is 0 Å². The Bertz CT molecular complexity index is 377. The van der Waals surface area contributed by atoms with E-state index in [1.54, 1.807) is 0 Å². The molecule has 1 saturated heterocycles. The third-order valence-electron chi connectivity index (χ3n) is 2.45. The van der Waals surface area contributed by atoms with Crippen LogP contribution in [0.15, 0.2) is 12.4 Å². The van der Waals surface area contributed by atoms with Crippen molar-refractivity contribution in [3.63, 3.8) is 0 Å². The number of nitrogens with zero attached hydrogens (tertiary/aromatic N) is 4. The van der Waals surface area contributed by atoms with Crippen molar-refractivity contribution in [2.45, 2.75) is 6.42 Å². The highest BCUT2D eigenvalue weighted by atomic mass is 16.1. The second kappa shape index (κ2) is 3.84. The fraction of sp³-hybridized carbons (Fsp3) is 0.500. The predicted molar refractivity (Wildman–Crippen MR) is 58.2 cm³/mol. The summed E-state index contributed by atoms with van der Waals surface area (Å²) in [5.41, 5.74) is 0. The topological polar surface area (TPSA) is 49.3 Å².